The fourth-order valence-corrected chi connectivity index (χ4v) is 2.72. The van der Waals surface area contributed by atoms with E-state index < -0.39 is 0 Å². The van der Waals surface area contributed by atoms with Crippen LogP contribution >= 0.6 is 0 Å². The van der Waals surface area contributed by atoms with E-state index in [0.717, 1.165) is 48.0 Å². The molecule has 2 N–H and O–H groups in total. The van der Waals surface area contributed by atoms with Crippen molar-refractivity contribution in [3.63, 3.8) is 0 Å². The molecule has 0 radical (unpaired) electrons. The standard InChI is InChI=1S/C18H24N6O/c1-4-17-23-21-12-24(17)10-9-20-18(19-3)22-13(2)16-11-14-7-5-6-8-15(14)25-16/h5-8,11-13H,4,9-10H2,1-3H3,(H2,19,20,22). The van der Waals surface area contributed by atoms with Gasteiger partial charge < -0.3 is 19.6 Å². The maximum absolute atomic E-state index is 5.90. The zero-order chi connectivity index (χ0) is 17.6. The Bertz CT molecular complexity index is 817. The van der Waals surface area contributed by atoms with E-state index in [1.54, 1.807) is 13.4 Å². The van der Waals surface area contributed by atoms with Gasteiger partial charge in [-0.05, 0) is 19.1 Å². The summed E-state index contributed by atoms with van der Waals surface area (Å²) in [6.45, 7) is 5.65. The third-order valence-corrected chi connectivity index (χ3v) is 4.11. The van der Waals surface area contributed by atoms with E-state index in [-0.39, 0.29) is 6.04 Å². The molecule has 2 aromatic heterocycles. The Morgan fingerprint density at radius 2 is 2.20 bits per heavy atom. The molecular formula is C18H24N6O. The number of furan rings is 1. The lowest BCUT2D eigenvalue weighted by atomic mass is 10.2. The smallest absolute Gasteiger partial charge is 0.191 e. The van der Waals surface area contributed by atoms with Crippen molar-refractivity contribution in [1.82, 2.24) is 25.4 Å². The van der Waals surface area contributed by atoms with Gasteiger partial charge in [0, 0.05) is 31.9 Å². The van der Waals surface area contributed by atoms with Crippen LogP contribution in [0.15, 0.2) is 46.1 Å². The lowest BCUT2D eigenvalue weighted by Gasteiger charge is -2.16. The van der Waals surface area contributed by atoms with E-state index in [1.165, 1.54) is 0 Å². The monoisotopic (exact) mass is 340 g/mol. The van der Waals surface area contributed by atoms with Gasteiger partial charge in [-0.1, -0.05) is 25.1 Å². The fourth-order valence-electron chi connectivity index (χ4n) is 2.72. The van der Waals surface area contributed by atoms with Gasteiger partial charge in [-0.3, -0.25) is 4.99 Å². The van der Waals surface area contributed by atoms with E-state index in [9.17, 15) is 0 Å². The molecule has 0 aliphatic heterocycles. The van der Waals surface area contributed by atoms with E-state index in [4.69, 9.17) is 4.42 Å². The average Bonchev–Trinajstić information content (AvgIpc) is 3.26. The molecule has 0 spiro atoms. The van der Waals surface area contributed by atoms with Crippen molar-refractivity contribution < 1.29 is 4.42 Å². The number of aliphatic imine (C=N–C) groups is 1. The van der Waals surface area contributed by atoms with Gasteiger partial charge in [0.15, 0.2) is 5.96 Å². The second kappa shape index (κ2) is 7.83. The number of nitrogens with zero attached hydrogens (tertiary/aromatic N) is 4. The third kappa shape index (κ3) is 3.99. The summed E-state index contributed by atoms with van der Waals surface area (Å²) in [6.07, 6.45) is 2.63. The predicted octanol–water partition coefficient (Wildman–Crippen LogP) is 2.51. The molecule has 0 bridgehead atoms. The molecule has 0 saturated heterocycles. The second-order valence-electron chi connectivity index (χ2n) is 5.85. The topological polar surface area (TPSA) is 80.3 Å². The van der Waals surface area contributed by atoms with Gasteiger partial charge in [0.1, 0.15) is 23.5 Å². The first kappa shape index (κ1) is 17.0. The summed E-state index contributed by atoms with van der Waals surface area (Å²) in [5, 5.41) is 15.8. The van der Waals surface area contributed by atoms with Crippen molar-refractivity contribution in [2.75, 3.05) is 13.6 Å². The minimum atomic E-state index is 0.0136. The van der Waals surface area contributed by atoms with Crippen LogP contribution in [0.25, 0.3) is 11.0 Å². The molecule has 0 aliphatic carbocycles. The highest BCUT2D eigenvalue weighted by atomic mass is 16.3. The summed E-state index contributed by atoms with van der Waals surface area (Å²) < 4.78 is 7.95. The number of hydrogen-bond acceptors (Lipinski definition) is 4. The number of nitrogens with one attached hydrogen (secondary N) is 2. The molecule has 1 atom stereocenters. The Balaban J connectivity index is 1.56. The minimum Gasteiger partial charge on any atom is -0.459 e. The normalized spacial score (nSPS) is 13.2. The van der Waals surface area contributed by atoms with Gasteiger partial charge in [0.05, 0.1) is 6.04 Å². The van der Waals surface area contributed by atoms with Crippen LogP contribution < -0.4 is 10.6 Å². The number of guanidine groups is 1. The number of fused-ring (bicyclic) bond motifs is 1. The van der Waals surface area contributed by atoms with E-state index in [2.05, 4.69) is 45.7 Å². The molecule has 1 unspecified atom stereocenters. The molecular weight excluding hydrogens is 316 g/mol. The highest BCUT2D eigenvalue weighted by molar-refractivity contribution is 5.81. The summed E-state index contributed by atoms with van der Waals surface area (Å²) in [4.78, 5) is 4.28. The van der Waals surface area contributed by atoms with E-state index in [0.29, 0.717) is 0 Å². The van der Waals surface area contributed by atoms with Crippen LogP contribution in [0.3, 0.4) is 0 Å². The summed E-state index contributed by atoms with van der Waals surface area (Å²) in [5.41, 5.74) is 0.897. The van der Waals surface area contributed by atoms with Gasteiger partial charge in [-0.15, -0.1) is 10.2 Å². The second-order valence-corrected chi connectivity index (χ2v) is 5.85. The van der Waals surface area contributed by atoms with Crippen molar-refractivity contribution in [3.05, 3.63) is 48.2 Å². The molecule has 7 nitrogen and oxygen atoms in total. The molecule has 25 heavy (non-hydrogen) atoms. The molecule has 7 heteroatoms. The first-order valence-electron chi connectivity index (χ1n) is 8.53. The zero-order valence-corrected chi connectivity index (χ0v) is 14.9. The molecule has 0 aliphatic rings. The molecule has 0 fully saturated rings. The van der Waals surface area contributed by atoms with Crippen molar-refractivity contribution in [1.29, 1.82) is 0 Å². The van der Waals surface area contributed by atoms with Crippen LogP contribution in [-0.2, 0) is 13.0 Å². The van der Waals surface area contributed by atoms with Crippen LogP contribution in [0, 0.1) is 0 Å². The number of benzene rings is 1. The third-order valence-electron chi connectivity index (χ3n) is 4.11. The summed E-state index contributed by atoms with van der Waals surface area (Å²) in [7, 11) is 1.76. The van der Waals surface area contributed by atoms with Gasteiger partial charge in [0.25, 0.3) is 0 Å². The highest BCUT2D eigenvalue weighted by Crippen LogP contribution is 2.23. The van der Waals surface area contributed by atoms with Crippen LogP contribution in [0.2, 0.25) is 0 Å². The average molecular weight is 340 g/mol. The number of hydrogen-bond donors (Lipinski definition) is 2. The lowest BCUT2D eigenvalue weighted by Crippen LogP contribution is -2.40. The lowest BCUT2D eigenvalue weighted by molar-refractivity contribution is 0.487. The number of para-hydroxylation sites is 1. The van der Waals surface area contributed by atoms with Crippen LogP contribution in [0.4, 0.5) is 0 Å². The maximum Gasteiger partial charge on any atom is 0.191 e. The van der Waals surface area contributed by atoms with E-state index >= 15 is 0 Å². The molecule has 3 rings (SSSR count). The summed E-state index contributed by atoms with van der Waals surface area (Å²) >= 11 is 0. The van der Waals surface area contributed by atoms with E-state index in [1.807, 2.05) is 28.8 Å². The van der Waals surface area contributed by atoms with Crippen LogP contribution in [0.5, 0.6) is 0 Å². The SMILES string of the molecule is CCc1nncn1CCNC(=NC)NC(C)c1cc2ccccc2o1. The number of aryl methyl sites for hydroxylation is 1. The van der Waals surface area contributed by atoms with Crippen molar-refractivity contribution in [2.45, 2.75) is 32.9 Å². The van der Waals surface area contributed by atoms with Crippen molar-refractivity contribution in [3.8, 4) is 0 Å². The van der Waals surface area contributed by atoms with Gasteiger partial charge in [-0.25, -0.2) is 0 Å². The fraction of sp³-hybridized carbons (Fsp3) is 0.389. The van der Waals surface area contributed by atoms with Crippen LogP contribution in [-0.4, -0.2) is 34.3 Å². The molecule has 0 amide bonds. The molecule has 132 valence electrons. The van der Waals surface area contributed by atoms with Gasteiger partial charge in [0.2, 0.25) is 0 Å². The quantitative estimate of drug-likeness (QED) is 0.532. The predicted molar refractivity (Wildman–Crippen MR) is 98.5 cm³/mol. The molecule has 2 heterocycles. The van der Waals surface area contributed by atoms with Crippen molar-refractivity contribution in [2.24, 2.45) is 4.99 Å². The first-order chi connectivity index (χ1) is 12.2. The molecule has 1 aromatic carbocycles. The highest BCUT2D eigenvalue weighted by Gasteiger charge is 2.13. The largest absolute Gasteiger partial charge is 0.459 e. The number of aromatic nitrogens is 3. The molecule has 0 saturated carbocycles. The summed E-state index contributed by atoms with van der Waals surface area (Å²) in [6, 6.07) is 10.1. The van der Waals surface area contributed by atoms with Gasteiger partial charge in [-0.2, -0.15) is 0 Å². The Morgan fingerprint density at radius 3 is 2.96 bits per heavy atom. The zero-order valence-electron chi connectivity index (χ0n) is 14.9. The minimum absolute atomic E-state index is 0.0136. The Morgan fingerprint density at radius 1 is 1.36 bits per heavy atom. The first-order valence-corrected chi connectivity index (χ1v) is 8.53. The Kier molecular flexibility index (Phi) is 5.33. The van der Waals surface area contributed by atoms with Crippen LogP contribution in [0.1, 0.15) is 31.5 Å². The summed E-state index contributed by atoms with van der Waals surface area (Å²) in [5.74, 6) is 2.61. The maximum atomic E-state index is 5.90. The van der Waals surface area contributed by atoms with Gasteiger partial charge >= 0.3 is 0 Å². The molecule has 3 aromatic rings. The van der Waals surface area contributed by atoms with Crippen molar-refractivity contribution >= 4 is 16.9 Å². The number of rotatable bonds is 6. The Labute approximate surface area is 147 Å². The Hall–Kier alpha value is -2.83.